The number of aryl methyl sites for hydroxylation is 1. The van der Waals surface area contributed by atoms with Crippen molar-refractivity contribution in [3.05, 3.63) is 71.5 Å². The predicted octanol–water partition coefficient (Wildman–Crippen LogP) is 4.25. The summed E-state index contributed by atoms with van der Waals surface area (Å²) in [6.45, 7) is 2.68. The number of aromatic nitrogens is 3. The van der Waals surface area contributed by atoms with Gasteiger partial charge in [-0.05, 0) is 50.1 Å². The topological polar surface area (TPSA) is 92.1 Å². The van der Waals surface area contributed by atoms with Gasteiger partial charge in [-0.2, -0.15) is 0 Å². The Morgan fingerprint density at radius 2 is 1.78 bits per heavy atom. The fourth-order valence-electron chi connectivity index (χ4n) is 4.26. The molecule has 1 fully saturated rings. The van der Waals surface area contributed by atoms with Gasteiger partial charge in [0.25, 0.3) is 11.7 Å². The number of carbonyl (C=O) groups excluding carboxylic acids is 2. The third-order valence-electron chi connectivity index (χ3n) is 5.98. The first-order chi connectivity index (χ1) is 15.5. The Bertz CT molecular complexity index is 1300. The average Bonchev–Trinajstić information content (AvgIpc) is 3.43. The van der Waals surface area contributed by atoms with Crippen LogP contribution in [0.2, 0.25) is 0 Å². The normalized spacial score (nSPS) is 14.8. The van der Waals surface area contributed by atoms with E-state index in [9.17, 15) is 14.0 Å². The van der Waals surface area contributed by atoms with Crippen molar-refractivity contribution in [1.29, 1.82) is 0 Å². The third-order valence-corrected chi connectivity index (χ3v) is 5.98. The van der Waals surface area contributed by atoms with Gasteiger partial charge in [-0.15, -0.1) is 10.2 Å². The zero-order chi connectivity index (χ0) is 22.2. The first kappa shape index (κ1) is 20.1. The quantitative estimate of drug-likeness (QED) is 0.384. The number of nitrogens with zero attached hydrogens (tertiary/aromatic N) is 3. The Morgan fingerprint density at radius 3 is 2.53 bits per heavy atom. The zero-order valence-corrected chi connectivity index (χ0v) is 17.5. The van der Waals surface area contributed by atoms with E-state index in [2.05, 4.69) is 15.2 Å². The number of Topliss-reactive ketones (excluding diaryl/α,β-unsaturated/α-hetero) is 1. The fraction of sp³-hybridized carbons (Fsp3) is 0.250. The van der Waals surface area contributed by atoms with Crippen molar-refractivity contribution in [2.45, 2.75) is 25.7 Å². The summed E-state index contributed by atoms with van der Waals surface area (Å²) < 4.78 is 18.9. The van der Waals surface area contributed by atoms with Crippen molar-refractivity contribution in [1.82, 2.24) is 20.1 Å². The highest BCUT2D eigenvalue weighted by molar-refractivity contribution is 6.45. The minimum Gasteiger partial charge on any atom is -0.420 e. The molecule has 0 atom stereocenters. The summed E-state index contributed by atoms with van der Waals surface area (Å²) in [5.41, 5.74) is 2.62. The number of H-pyrrole nitrogens is 1. The van der Waals surface area contributed by atoms with E-state index in [1.54, 1.807) is 24.0 Å². The van der Waals surface area contributed by atoms with Crippen molar-refractivity contribution in [3.8, 4) is 11.5 Å². The number of likely N-dealkylation sites (tertiary alicyclic amines) is 1. The molecule has 0 bridgehead atoms. The number of hydrogen-bond donors (Lipinski definition) is 1. The van der Waals surface area contributed by atoms with E-state index < -0.39 is 11.7 Å². The van der Waals surface area contributed by atoms with Gasteiger partial charge in [-0.25, -0.2) is 4.39 Å². The van der Waals surface area contributed by atoms with Crippen LogP contribution in [0.5, 0.6) is 0 Å². The Labute approximate surface area is 183 Å². The number of carbonyl (C=O) groups is 2. The lowest BCUT2D eigenvalue weighted by atomic mass is 9.96. The number of aromatic amines is 1. The number of para-hydroxylation sites is 1. The number of nitrogens with one attached hydrogen (secondary N) is 1. The van der Waals surface area contributed by atoms with E-state index in [0.29, 0.717) is 54.5 Å². The zero-order valence-electron chi connectivity index (χ0n) is 17.5. The molecule has 0 unspecified atom stereocenters. The van der Waals surface area contributed by atoms with Crippen LogP contribution in [0.3, 0.4) is 0 Å². The highest BCUT2D eigenvalue weighted by atomic mass is 19.1. The molecule has 4 aromatic rings. The Hall–Kier alpha value is -3.81. The van der Waals surface area contributed by atoms with Crippen molar-refractivity contribution in [2.24, 2.45) is 0 Å². The van der Waals surface area contributed by atoms with Crippen LogP contribution in [0.4, 0.5) is 4.39 Å². The molecule has 8 heteroatoms. The summed E-state index contributed by atoms with van der Waals surface area (Å²) in [6.07, 6.45) is 1.24. The maximum atomic E-state index is 13.1. The lowest BCUT2D eigenvalue weighted by molar-refractivity contribution is -0.127. The molecule has 1 amide bonds. The maximum absolute atomic E-state index is 13.1. The minimum absolute atomic E-state index is 0.00525. The summed E-state index contributed by atoms with van der Waals surface area (Å²) in [6, 6.07) is 13.3. The molecule has 162 valence electrons. The van der Waals surface area contributed by atoms with Gasteiger partial charge in [-0.3, -0.25) is 9.59 Å². The Kier molecular flexibility index (Phi) is 5.05. The highest BCUT2D eigenvalue weighted by Gasteiger charge is 2.32. The Balaban J connectivity index is 1.26. The van der Waals surface area contributed by atoms with Crippen LogP contribution in [0.15, 0.2) is 52.9 Å². The van der Waals surface area contributed by atoms with Crippen LogP contribution in [0.1, 0.15) is 40.7 Å². The van der Waals surface area contributed by atoms with Gasteiger partial charge < -0.3 is 14.3 Å². The molecule has 1 N–H and O–H groups in total. The second kappa shape index (κ2) is 8.03. The van der Waals surface area contributed by atoms with Crippen molar-refractivity contribution in [2.75, 3.05) is 13.1 Å². The monoisotopic (exact) mass is 432 g/mol. The first-order valence-corrected chi connectivity index (χ1v) is 10.5. The molecular weight excluding hydrogens is 411 g/mol. The molecule has 1 aliphatic heterocycles. The SMILES string of the molecule is Cc1[nH]c2ccccc2c1C(=O)C(=O)N1CCC(c2nnc(-c3ccc(F)cc3)o2)CC1. The fourth-order valence-corrected chi connectivity index (χ4v) is 4.26. The van der Waals surface area contributed by atoms with E-state index in [1.807, 2.05) is 24.3 Å². The number of fused-ring (bicyclic) bond motifs is 1. The lowest BCUT2D eigenvalue weighted by Gasteiger charge is -2.29. The molecule has 3 heterocycles. The van der Waals surface area contributed by atoms with Gasteiger partial charge in [0.15, 0.2) is 0 Å². The van der Waals surface area contributed by atoms with E-state index in [-0.39, 0.29) is 11.7 Å². The maximum Gasteiger partial charge on any atom is 0.295 e. The smallest absolute Gasteiger partial charge is 0.295 e. The molecule has 1 saturated heterocycles. The second-order valence-corrected chi connectivity index (χ2v) is 8.02. The molecule has 32 heavy (non-hydrogen) atoms. The molecule has 0 spiro atoms. The van der Waals surface area contributed by atoms with Crippen LogP contribution in [0.25, 0.3) is 22.4 Å². The largest absolute Gasteiger partial charge is 0.420 e. The number of benzene rings is 2. The second-order valence-electron chi connectivity index (χ2n) is 8.02. The van der Waals surface area contributed by atoms with Gasteiger partial charge in [0.1, 0.15) is 5.82 Å². The number of piperidine rings is 1. The molecule has 5 rings (SSSR count). The van der Waals surface area contributed by atoms with Gasteiger partial charge in [0.2, 0.25) is 11.8 Å². The van der Waals surface area contributed by atoms with Gasteiger partial charge in [0.05, 0.1) is 5.56 Å². The molecule has 2 aromatic heterocycles. The molecule has 1 aliphatic rings. The Morgan fingerprint density at radius 1 is 1.06 bits per heavy atom. The highest BCUT2D eigenvalue weighted by Crippen LogP contribution is 2.30. The molecule has 2 aromatic carbocycles. The number of ketones is 1. The predicted molar refractivity (Wildman–Crippen MR) is 116 cm³/mol. The van der Waals surface area contributed by atoms with Crippen LogP contribution < -0.4 is 0 Å². The lowest BCUT2D eigenvalue weighted by Crippen LogP contribution is -2.41. The van der Waals surface area contributed by atoms with Crippen molar-refractivity contribution in [3.63, 3.8) is 0 Å². The summed E-state index contributed by atoms with van der Waals surface area (Å²) in [5.74, 6) is -0.476. The van der Waals surface area contributed by atoms with E-state index in [0.717, 1.165) is 10.9 Å². The summed E-state index contributed by atoms with van der Waals surface area (Å²) in [7, 11) is 0. The van der Waals surface area contributed by atoms with Crippen molar-refractivity contribution < 1.29 is 18.4 Å². The third kappa shape index (κ3) is 3.57. The van der Waals surface area contributed by atoms with E-state index in [1.165, 1.54) is 12.1 Å². The van der Waals surface area contributed by atoms with Crippen LogP contribution in [0, 0.1) is 12.7 Å². The summed E-state index contributed by atoms with van der Waals surface area (Å²) in [4.78, 5) is 30.7. The van der Waals surface area contributed by atoms with E-state index >= 15 is 0 Å². The molecule has 0 radical (unpaired) electrons. The van der Waals surface area contributed by atoms with E-state index in [4.69, 9.17) is 4.42 Å². The summed E-state index contributed by atoms with van der Waals surface area (Å²) in [5, 5.41) is 8.98. The van der Waals surface area contributed by atoms with Gasteiger partial charge in [0, 0.05) is 41.2 Å². The molecular formula is C24H21FN4O3. The van der Waals surface area contributed by atoms with Crippen LogP contribution >= 0.6 is 0 Å². The number of amides is 1. The summed E-state index contributed by atoms with van der Waals surface area (Å²) >= 11 is 0. The van der Waals surface area contributed by atoms with Crippen molar-refractivity contribution >= 4 is 22.6 Å². The molecule has 0 saturated carbocycles. The van der Waals surface area contributed by atoms with Crippen LogP contribution in [-0.4, -0.2) is 44.9 Å². The number of halogens is 1. The van der Waals surface area contributed by atoms with Crippen LogP contribution in [-0.2, 0) is 4.79 Å². The minimum atomic E-state index is -0.492. The first-order valence-electron chi connectivity index (χ1n) is 10.5. The standard InChI is InChI=1S/C24H21FN4O3/c1-14-20(18-4-2-3-5-19(18)26-14)21(30)24(31)29-12-10-16(11-13-29)23-28-27-22(32-23)15-6-8-17(25)9-7-15/h2-9,16,26H,10-13H2,1H3. The number of hydrogen-bond acceptors (Lipinski definition) is 5. The van der Waals surface area contributed by atoms with Gasteiger partial charge in [-0.1, -0.05) is 18.2 Å². The molecule has 0 aliphatic carbocycles. The molecule has 7 nitrogen and oxygen atoms in total. The number of rotatable bonds is 4. The van der Waals surface area contributed by atoms with Gasteiger partial charge >= 0.3 is 0 Å². The average molecular weight is 432 g/mol.